The SMILES string of the molecule is CCOC(=O)C=C1CC[C@@H](c2ccc(N)cc2)C1. The fourth-order valence-corrected chi connectivity index (χ4v) is 2.41. The molecule has 0 radical (unpaired) electrons. The van der Waals surface area contributed by atoms with E-state index in [-0.39, 0.29) is 5.97 Å². The van der Waals surface area contributed by atoms with Gasteiger partial charge in [0.25, 0.3) is 0 Å². The molecule has 1 fully saturated rings. The second-order valence-electron chi connectivity index (χ2n) is 4.66. The summed E-state index contributed by atoms with van der Waals surface area (Å²) in [6.45, 7) is 2.26. The standard InChI is InChI=1S/C15H19NO2/c1-2-18-15(17)10-11-3-4-13(9-11)12-5-7-14(16)8-6-12/h5-8,10,13H,2-4,9,16H2,1H3/t13-/m1/s1. The predicted molar refractivity (Wildman–Crippen MR) is 72.2 cm³/mol. The molecule has 18 heavy (non-hydrogen) atoms. The number of hydrogen-bond acceptors (Lipinski definition) is 3. The molecular formula is C15H19NO2. The molecule has 3 heteroatoms. The van der Waals surface area contributed by atoms with Crippen LogP contribution < -0.4 is 5.73 Å². The average Bonchev–Trinajstić information content (AvgIpc) is 2.78. The van der Waals surface area contributed by atoms with Crippen molar-refractivity contribution in [3.8, 4) is 0 Å². The lowest BCUT2D eigenvalue weighted by molar-refractivity contribution is -0.137. The molecule has 0 bridgehead atoms. The highest BCUT2D eigenvalue weighted by Gasteiger charge is 2.21. The van der Waals surface area contributed by atoms with E-state index < -0.39 is 0 Å². The highest BCUT2D eigenvalue weighted by Crippen LogP contribution is 2.37. The Balaban J connectivity index is 2.00. The van der Waals surface area contributed by atoms with Crippen LogP contribution >= 0.6 is 0 Å². The summed E-state index contributed by atoms with van der Waals surface area (Å²) in [6.07, 6.45) is 4.67. The Labute approximate surface area is 108 Å². The molecule has 1 aliphatic carbocycles. The Morgan fingerprint density at radius 2 is 2.17 bits per heavy atom. The highest BCUT2D eigenvalue weighted by atomic mass is 16.5. The summed E-state index contributed by atoms with van der Waals surface area (Å²) in [4.78, 5) is 11.4. The van der Waals surface area contributed by atoms with Crippen molar-refractivity contribution < 1.29 is 9.53 Å². The fourth-order valence-electron chi connectivity index (χ4n) is 2.41. The van der Waals surface area contributed by atoms with Gasteiger partial charge < -0.3 is 10.5 Å². The van der Waals surface area contributed by atoms with Gasteiger partial charge in [-0.15, -0.1) is 0 Å². The van der Waals surface area contributed by atoms with E-state index in [1.807, 2.05) is 19.1 Å². The fraction of sp³-hybridized carbons (Fsp3) is 0.400. The number of anilines is 1. The summed E-state index contributed by atoms with van der Waals surface area (Å²) in [5.41, 5.74) is 8.96. The van der Waals surface area contributed by atoms with Gasteiger partial charge in [0.2, 0.25) is 0 Å². The third-order valence-corrected chi connectivity index (χ3v) is 3.34. The van der Waals surface area contributed by atoms with Gasteiger partial charge in [-0.2, -0.15) is 0 Å². The summed E-state index contributed by atoms with van der Waals surface area (Å²) < 4.78 is 4.93. The normalized spacial score (nSPS) is 21.2. The van der Waals surface area contributed by atoms with Gasteiger partial charge in [0.05, 0.1) is 6.61 Å². The molecule has 2 rings (SSSR count). The summed E-state index contributed by atoms with van der Waals surface area (Å²) in [5, 5.41) is 0. The second-order valence-corrected chi connectivity index (χ2v) is 4.66. The Hall–Kier alpha value is -1.77. The number of carbonyl (C=O) groups is 1. The summed E-state index contributed by atoms with van der Waals surface area (Å²) in [6, 6.07) is 8.02. The Morgan fingerprint density at radius 3 is 2.83 bits per heavy atom. The lowest BCUT2D eigenvalue weighted by Crippen LogP contribution is -2.00. The van der Waals surface area contributed by atoms with E-state index in [4.69, 9.17) is 10.5 Å². The number of nitrogens with two attached hydrogens (primary N) is 1. The maximum atomic E-state index is 11.4. The molecule has 1 saturated carbocycles. The molecule has 0 spiro atoms. The zero-order valence-corrected chi connectivity index (χ0v) is 10.7. The molecule has 0 amide bonds. The number of rotatable bonds is 3. The molecule has 1 aromatic carbocycles. The van der Waals surface area contributed by atoms with Crippen molar-refractivity contribution in [2.24, 2.45) is 0 Å². The van der Waals surface area contributed by atoms with Gasteiger partial charge in [-0.1, -0.05) is 17.7 Å². The van der Waals surface area contributed by atoms with Crippen LogP contribution in [0.2, 0.25) is 0 Å². The van der Waals surface area contributed by atoms with E-state index in [1.165, 1.54) is 11.1 Å². The molecule has 2 N–H and O–H groups in total. The minimum absolute atomic E-state index is 0.217. The van der Waals surface area contributed by atoms with E-state index in [2.05, 4.69) is 12.1 Å². The first-order chi connectivity index (χ1) is 8.69. The first kappa shape index (κ1) is 12.7. The number of ether oxygens (including phenoxy) is 1. The van der Waals surface area contributed by atoms with Crippen molar-refractivity contribution in [1.82, 2.24) is 0 Å². The van der Waals surface area contributed by atoms with Gasteiger partial charge >= 0.3 is 5.97 Å². The van der Waals surface area contributed by atoms with Gasteiger partial charge in [-0.25, -0.2) is 4.79 Å². The van der Waals surface area contributed by atoms with Crippen molar-refractivity contribution in [1.29, 1.82) is 0 Å². The zero-order valence-electron chi connectivity index (χ0n) is 10.7. The van der Waals surface area contributed by atoms with Crippen molar-refractivity contribution in [3.63, 3.8) is 0 Å². The minimum Gasteiger partial charge on any atom is -0.463 e. The minimum atomic E-state index is -0.217. The quantitative estimate of drug-likeness (QED) is 0.506. The van der Waals surface area contributed by atoms with Gasteiger partial charge in [0, 0.05) is 11.8 Å². The number of allylic oxidation sites excluding steroid dienone is 1. The van der Waals surface area contributed by atoms with Crippen molar-refractivity contribution >= 4 is 11.7 Å². The van der Waals surface area contributed by atoms with Crippen LogP contribution in [0.5, 0.6) is 0 Å². The van der Waals surface area contributed by atoms with Crippen LogP contribution in [0.4, 0.5) is 5.69 Å². The molecule has 0 heterocycles. The lowest BCUT2D eigenvalue weighted by atomic mass is 9.97. The molecular weight excluding hydrogens is 226 g/mol. The molecule has 1 aliphatic rings. The van der Waals surface area contributed by atoms with Crippen molar-refractivity contribution in [2.45, 2.75) is 32.1 Å². The van der Waals surface area contributed by atoms with Gasteiger partial charge in [-0.3, -0.25) is 0 Å². The number of nitrogen functional groups attached to an aromatic ring is 1. The predicted octanol–water partition coefficient (Wildman–Crippen LogP) is 3.03. The second kappa shape index (κ2) is 5.71. The topological polar surface area (TPSA) is 52.3 Å². The van der Waals surface area contributed by atoms with Crippen LogP contribution in [0, 0.1) is 0 Å². The van der Waals surface area contributed by atoms with Crippen LogP contribution in [-0.4, -0.2) is 12.6 Å². The monoisotopic (exact) mass is 245 g/mol. The van der Waals surface area contributed by atoms with E-state index >= 15 is 0 Å². The average molecular weight is 245 g/mol. The lowest BCUT2D eigenvalue weighted by Gasteiger charge is -2.08. The molecule has 0 aromatic heterocycles. The third kappa shape index (κ3) is 3.13. The van der Waals surface area contributed by atoms with Gasteiger partial charge in [0.1, 0.15) is 0 Å². The maximum Gasteiger partial charge on any atom is 0.330 e. The first-order valence-corrected chi connectivity index (χ1v) is 6.40. The zero-order chi connectivity index (χ0) is 13.0. The molecule has 0 unspecified atom stereocenters. The molecule has 3 nitrogen and oxygen atoms in total. The van der Waals surface area contributed by atoms with Gasteiger partial charge in [-0.05, 0) is 49.8 Å². The third-order valence-electron chi connectivity index (χ3n) is 3.34. The molecule has 1 atom stereocenters. The van der Waals surface area contributed by atoms with Crippen LogP contribution in [-0.2, 0) is 9.53 Å². The Bertz CT molecular complexity index is 448. The van der Waals surface area contributed by atoms with Crippen LogP contribution in [0.25, 0.3) is 0 Å². The smallest absolute Gasteiger partial charge is 0.330 e. The molecule has 96 valence electrons. The van der Waals surface area contributed by atoms with Crippen LogP contribution in [0.15, 0.2) is 35.9 Å². The van der Waals surface area contributed by atoms with Crippen LogP contribution in [0.1, 0.15) is 37.7 Å². The Morgan fingerprint density at radius 1 is 1.44 bits per heavy atom. The molecule has 0 aliphatic heterocycles. The number of hydrogen-bond donors (Lipinski definition) is 1. The number of esters is 1. The summed E-state index contributed by atoms with van der Waals surface area (Å²) in [5.74, 6) is 0.289. The van der Waals surface area contributed by atoms with Crippen molar-refractivity contribution in [3.05, 3.63) is 41.5 Å². The van der Waals surface area contributed by atoms with E-state index in [1.54, 1.807) is 6.08 Å². The number of benzene rings is 1. The maximum absolute atomic E-state index is 11.4. The Kier molecular flexibility index (Phi) is 4.03. The number of carbonyl (C=O) groups excluding carboxylic acids is 1. The van der Waals surface area contributed by atoms with E-state index in [9.17, 15) is 4.79 Å². The van der Waals surface area contributed by atoms with E-state index in [0.29, 0.717) is 12.5 Å². The summed E-state index contributed by atoms with van der Waals surface area (Å²) >= 11 is 0. The van der Waals surface area contributed by atoms with Crippen molar-refractivity contribution in [2.75, 3.05) is 12.3 Å². The van der Waals surface area contributed by atoms with Crippen LogP contribution in [0.3, 0.4) is 0 Å². The molecule has 1 aromatic rings. The highest BCUT2D eigenvalue weighted by molar-refractivity contribution is 5.82. The van der Waals surface area contributed by atoms with Gasteiger partial charge in [0.15, 0.2) is 0 Å². The molecule has 0 saturated heterocycles. The summed E-state index contributed by atoms with van der Waals surface area (Å²) in [7, 11) is 0. The van der Waals surface area contributed by atoms with E-state index in [0.717, 1.165) is 24.9 Å². The first-order valence-electron chi connectivity index (χ1n) is 6.40. The largest absolute Gasteiger partial charge is 0.463 e.